The maximum atomic E-state index is 10.0. The number of hydrogen-bond donors (Lipinski definition) is 1. The second-order valence-corrected chi connectivity index (χ2v) is 12.0. The van der Waals surface area contributed by atoms with E-state index in [2.05, 4.69) is 97.9 Å². The van der Waals surface area contributed by atoms with Crippen LogP contribution < -0.4 is 0 Å². The van der Waals surface area contributed by atoms with Crippen molar-refractivity contribution in [1.29, 1.82) is 0 Å². The van der Waals surface area contributed by atoms with Crippen molar-refractivity contribution in [1.82, 2.24) is 4.98 Å². The van der Waals surface area contributed by atoms with Gasteiger partial charge in [-0.1, -0.05) is 61.5 Å². The zero-order valence-corrected chi connectivity index (χ0v) is 27.8. The van der Waals surface area contributed by atoms with Gasteiger partial charge in [0.15, 0.2) is 5.78 Å². The Morgan fingerprint density at radius 1 is 0.950 bits per heavy atom. The Labute approximate surface area is 253 Å². The van der Waals surface area contributed by atoms with Crippen molar-refractivity contribution in [3.63, 3.8) is 0 Å². The molecule has 0 saturated carbocycles. The first-order valence-corrected chi connectivity index (χ1v) is 13.6. The SMILES string of the molecule is CC(=O)/C=C(/C)O.Cc1[c-]c(-c2cc3oc(-c4cc(C(C)C)cc(C(C)C)c4)cc3cn2)cc(C(C)(C)C)c1.[Ir]. The van der Waals surface area contributed by atoms with Crippen LogP contribution in [-0.2, 0) is 30.3 Å². The van der Waals surface area contributed by atoms with Crippen LogP contribution in [-0.4, -0.2) is 15.9 Å². The molecule has 2 heterocycles. The number of benzene rings is 2. The third kappa shape index (κ3) is 8.74. The van der Waals surface area contributed by atoms with Crippen molar-refractivity contribution in [3.05, 3.63) is 88.8 Å². The second kappa shape index (κ2) is 13.6. The minimum Gasteiger partial charge on any atom is -0.512 e. The van der Waals surface area contributed by atoms with Crippen LogP contribution in [0.1, 0.15) is 96.4 Å². The summed E-state index contributed by atoms with van der Waals surface area (Å²) in [6.45, 7) is 20.6. The van der Waals surface area contributed by atoms with Gasteiger partial charge in [-0.3, -0.25) is 4.79 Å². The van der Waals surface area contributed by atoms with Gasteiger partial charge in [0, 0.05) is 43.3 Å². The molecular weight excluding hydrogens is 675 g/mol. The van der Waals surface area contributed by atoms with Crippen molar-refractivity contribution in [2.75, 3.05) is 0 Å². The smallest absolute Gasteiger partial charge is 0.155 e. The Balaban J connectivity index is 0.000000623. The summed E-state index contributed by atoms with van der Waals surface area (Å²) >= 11 is 0. The molecule has 2 aromatic carbocycles. The Bertz CT molecular complexity index is 1470. The number of aromatic nitrogens is 1. The number of aliphatic hydroxyl groups excluding tert-OH is 1. The van der Waals surface area contributed by atoms with E-state index in [4.69, 9.17) is 14.5 Å². The summed E-state index contributed by atoms with van der Waals surface area (Å²) in [6.07, 6.45) is 3.08. The minimum atomic E-state index is -0.125. The Morgan fingerprint density at radius 2 is 1.55 bits per heavy atom. The number of allylic oxidation sites excluding steroid dienone is 2. The zero-order valence-electron chi connectivity index (χ0n) is 25.4. The number of pyridine rings is 1. The zero-order chi connectivity index (χ0) is 29.1. The van der Waals surface area contributed by atoms with Crippen LogP contribution in [0.4, 0.5) is 0 Å². The Morgan fingerprint density at radius 3 is 2.02 bits per heavy atom. The van der Waals surface area contributed by atoms with Crippen LogP contribution in [0.3, 0.4) is 0 Å². The number of ketones is 1. The number of aliphatic hydroxyl groups is 1. The van der Waals surface area contributed by atoms with Crippen molar-refractivity contribution in [2.45, 2.75) is 86.5 Å². The van der Waals surface area contributed by atoms with Gasteiger partial charge in [-0.15, -0.1) is 34.9 Å². The molecule has 4 rings (SSSR count). The molecule has 1 radical (unpaired) electrons. The number of hydrogen-bond acceptors (Lipinski definition) is 4. The Hall–Kier alpha value is -3.01. The molecule has 0 aliphatic rings. The molecule has 4 nitrogen and oxygen atoms in total. The van der Waals surface area contributed by atoms with Gasteiger partial charge in [0.25, 0.3) is 0 Å². The van der Waals surface area contributed by atoms with Crippen molar-refractivity contribution in [3.8, 4) is 22.6 Å². The van der Waals surface area contributed by atoms with Gasteiger partial charge >= 0.3 is 0 Å². The van der Waals surface area contributed by atoms with E-state index in [9.17, 15) is 4.79 Å². The third-order valence-electron chi connectivity index (χ3n) is 6.55. The molecule has 1 N–H and O–H groups in total. The molecule has 0 saturated heterocycles. The van der Waals surface area contributed by atoms with E-state index in [1.807, 2.05) is 12.3 Å². The molecule has 0 fully saturated rings. The predicted molar refractivity (Wildman–Crippen MR) is 162 cm³/mol. The number of carbonyl (C=O) groups excluding carboxylic acids is 1. The fraction of sp³-hybridized carbons (Fsp3) is 0.371. The third-order valence-corrected chi connectivity index (χ3v) is 6.55. The van der Waals surface area contributed by atoms with Crippen LogP contribution in [0.15, 0.2) is 64.9 Å². The van der Waals surface area contributed by atoms with Crippen LogP contribution >= 0.6 is 0 Å². The largest absolute Gasteiger partial charge is 0.512 e. The van der Waals surface area contributed by atoms with E-state index >= 15 is 0 Å². The van der Waals surface area contributed by atoms with Crippen LogP contribution in [0.5, 0.6) is 0 Å². The topological polar surface area (TPSA) is 63.3 Å². The van der Waals surface area contributed by atoms with Crippen LogP contribution in [0.25, 0.3) is 33.6 Å². The van der Waals surface area contributed by atoms with Gasteiger partial charge in [-0.05, 0) is 72.2 Å². The number of furan rings is 1. The molecule has 0 aliphatic carbocycles. The summed E-state index contributed by atoms with van der Waals surface area (Å²) in [4.78, 5) is 14.8. The quantitative estimate of drug-likeness (QED) is 0.127. The van der Waals surface area contributed by atoms with Crippen molar-refractivity contribution < 1.29 is 34.4 Å². The molecular formula is C35H42IrNO3-. The predicted octanol–water partition coefficient (Wildman–Crippen LogP) is 9.85. The van der Waals surface area contributed by atoms with Gasteiger partial charge in [0.05, 0.1) is 5.76 Å². The summed E-state index contributed by atoms with van der Waals surface area (Å²) in [5.41, 5.74) is 9.08. The Kier molecular flexibility index (Phi) is 11.3. The molecule has 0 aliphatic heterocycles. The van der Waals surface area contributed by atoms with Gasteiger partial charge < -0.3 is 14.5 Å². The summed E-state index contributed by atoms with van der Waals surface area (Å²) in [5, 5.41) is 9.38. The van der Waals surface area contributed by atoms with E-state index in [1.54, 1.807) is 0 Å². The number of aryl methyl sites for hydroxylation is 1. The fourth-order valence-electron chi connectivity index (χ4n) is 4.29. The molecule has 0 atom stereocenters. The molecule has 4 aromatic rings. The minimum absolute atomic E-state index is 0. The van der Waals surface area contributed by atoms with E-state index in [1.165, 1.54) is 36.6 Å². The first-order chi connectivity index (χ1) is 18.1. The van der Waals surface area contributed by atoms with E-state index in [0.717, 1.165) is 39.1 Å². The number of carbonyl (C=O) groups is 1. The number of rotatable bonds is 5. The van der Waals surface area contributed by atoms with Crippen molar-refractivity contribution in [2.24, 2.45) is 0 Å². The van der Waals surface area contributed by atoms with Crippen LogP contribution in [0.2, 0.25) is 0 Å². The summed E-state index contributed by atoms with van der Waals surface area (Å²) in [7, 11) is 0. The first kappa shape index (κ1) is 33.2. The molecule has 0 unspecified atom stereocenters. The van der Waals surface area contributed by atoms with E-state index < -0.39 is 0 Å². The van der Waals surface area contributed by atoms with Gasteiger partial charge in [-0.25, -0.2) is 0 Å². The molecule has 0 amide bonds. The van der Waals surface area contributed by atoms with Gasteiger partial charge in [0.2, 0.25) is 0 Å². The summed E-state index contributed by atoms with van der Waals surface area (Å²) < 4.78 is 6.36. The standard InChI is InChI=1S/C30H34NO.C5H8O2.Ir/c1-18(2)21-11-22(19(3)4)13-24(12-21)28-15-25-17-31-27(16-29(25)32-28)23-9-20(5)10-26(14-23)30(6,7)8;1-4(6)3-5(2)7;/h10-19H,1-8H3;3,6H,1-2H3;/q-1;;/b;4-3-;. The first-order valence-electron chi connectivity index (χ1n) is 13.6. The maximum absolute atomic E-state index is 10.0. The van der Waals surface area contributed by atoms with Gasteiger partial charge in [-0.2, -0.15) is 0 Å². The molecule has 0 bridgehead atoms. The maximum Gasteiger partial charge on any atom is 0.155 e. The van der Waals surface area contributed by atoms with Crippen molar-refractivity contribution >= 4 is 16.8 Å². The molecule has 0 spiro atoms. The monoisotopic (exact) mass is 717 g/mol. The average Bonchev–Trinajstić information content (AvgIpc) is 3.26. The molecule has 215 valence electrons. The van der Waals surface area contributed by atoms with Crippen LogP contribution in [0, 0.1) is 13.0 Å². The summed E-state index contributed by atoms with van der Waals surface area (Å²) in [6, 6.07) is 18.9. The normalized spacial score (nSPS) is 11.8. The molecule has 40 heavy (non-hydrogen) atoms. The molecule has 2 aromatic heterocycles. The average molecular weight is 717 g/mol. The van der Waals surface area contributed by atoms with E-state index in [-0.39, 0.29) is 37.1 Å². The second-order valence-electron chi connectivity index (χ2n) is 12.0. The summed E-state index contributed by atoms with van der Waals surface area (Å²) in [5.74, 6) is 1.78. The fourth-order valence-corrected chi connectivity index (χ4v) is 4.29. The van der Waals surface area contributed by atoms with Gasteiger partial charge in [0.1, 0.15) is 11.3 Å². The number of nitrogens with zero attached hydrogens (tertiary/aromatic N) is 1. The molecule has 5 heteroatoms. The van der Waals surface area contributed by atoms with E-state index in [0.29, 0.717) is 11.8 Å². The number of fused-ring (bicyclic) bond motifs is 1.